The molecule has 1 aromatic heterocycles. The molecule has 0 saturated heterocycles. The van der Waals surface area contributed by atoms with Crippen LogP contribution in [-0.4, -0.2) is 15.2 Å². The number of aromatic amines is 3. The molecular weight excluding hydrogens is 165 g/mol. The number of aromatic nitrogens is 3. The quantitative estimate of drug-likeness (QED) is 0.274. The molecule has 0 aliphatic rings. The Kier molecular flexibility index (Phi) is 3.80. The fourth-order valence-electron chi connectivity index (χ4n) is 0.361. The predicted molar refractivity (Wildman–Crippen MR) is 32.9 cm³/mol. The second-order valence-corrected chi connectivity index (χ2v) is 1.77. The van der Waals surface area contributed by atoms with Gasteiger partial charge in [0.15, 0.2) is 4.64 Å². The first-order valence-corrected chi connectivity index (χ1v) is 2.52. The van der Waals surface area contributed by atoms with Crippen molar-refractivity contribution in [2.24, 2.45) is 0 Å². The van der Waals surface area contributed by atoms with E-state index in [1.54, 1.807) is 0 Å². The van der Waals surface area contributed by atoms with Crippen LogP contribution < -0.4 is 40.8 Å². The summed E-state index contributed by atoms with van der Waals surface area (Å²) in [7, 11) is 0. The Morgan fingerprint density at radius 2 is 1.80 bits per heavy atom. The van der Waals surface area contributed by atoms with Crippen LogP contribution in [0.15, 0.2) is 9.59 Å². The van der Waals surface area contributed by atoms with Crippen LogP contribution in [0.1, 0.15) is 0 Å². The summed E-state index contributed by atoms with van der Waals surface area (Å²) < 4.78 is -0.0328. The van der Waals surface area contributed by atoms with Crippen LogP contribution in [0.5, 0.6) is 0 Å². The standard InChI is InChI=1S/C3H3N3O2S.Na/c7-1-2(9)5-6-3(8)4-1;/h(H,5,9)(H2,4,6,7,8);/q;+1. The van der Waals surface area contributed by atoms with E-state index >= 15 is 0 Å². The molecule has 7 heteroatoms. The summed E-state index contributed by atoms with van der Waals surface area (Å²) in [5.74, 6) is 0. The van der Waals surface area contributed by atoms with Crippen LogP contribution in [0.2, 0.25) is 0 Å². The molecule has 0 aliphatic heterocycles. The first-order valence-electron chi connectivity index (χ1n) is 2.11. The molecule has 0 bridgehead atoms. The van der Waals surface area contributed by atoms with Gasteiger partial charge in [0.1, 0.15) is 0 Å². The molecule has 0 unspecified atom stereocenters. The van der Waals surface area contributed by atoms with Gasteiger partial charge in [-0.1, -0.05) is 12.2 Å². The van der Waals surface area contributed by atoms with Crippen molar-refractivity contribution in [2.75, 3.05) is 0 Å². The molecule has 5 nitrogen and oxygen atoms in total. The van der Waals surface area contributed by atoms with Gasteiger partial charge in [-0.15, -0.1) is 0 Å². The maximum Gasteiger partial charge on any atom is 1.00 e. The van der Waals surface area contributed by atoms with E-state index in [0.29, 0.717) is 0 Å². The molecule has 0 fully saturated rings. The van der Waals surface area contributed by atoms with Crippen molar-refractivity contribution in [2.45, 2.75) is 0 Å². The van der Waals surface area contributed by atoms with Gasteiger partial charge in [-0.3, -0.25) is 20.0 Å². The molecule has 0 radical (unpaired) electrons. The molecule has 10 heavy (non-hydrogen) atoms. The Balaban J connectivity index is 0.000000810. The number of H-pyrrole nitrogens is 3. The second-order valence-electron chi connectivity index (χ2n) is 1.36. The summed E-state index contributed by atoms with van der Waals surface area (Å²) in [6, 6.07) is 0. The fourth-order valence-corrected chi connectivity index (χ4v) is 0.463. The van der Waals surface area contributed by atoms with Crippen molar-refractivity contribution in [3.8, 4) is 0 Å². The molecule has 0 saturated carbocycles. The minimum absolute atomic E-state index is 0. The zero-order valence-electron chi connectivity index (χ0n) is 5.22. The summed E-state index contributed by atoms with van der Waals surface area (Å²) in [6.07, 6.45) is 0. The predicted octanol–water partition coefficient (Wildman–Crippen LogP) is -3.88. The zero-order valence-corrected chi connectivity index (χ0v) is 8.04. The number of hydrogen-bond acceptors (Lipinski definition) is 3. The van der Waals surface area contributed by atoms with Gasteiger partial charge in [-0.05, 0) is 0 Å². The SMILES string of the molecule is O=c1[nH][nH]c(=S)c(=O)[nH]1.[Na+]. The van der Waals surface area contributed by atoms with Gasteiger partial charge >= 0.3 is 35.2 Å². The number of hydrogen-bond donors (Lipinski definition) is 3. The first kappa shape index (κ1) is 9.83. The zero-order chi connectivity index (χ0) is 6.85. The van der Waals surface area contributed by atoms with Crippen LogP contribution in [0.3, 0.4) is 0 Å². The Morgan fingerprint density at radius 1 is 1.20 bits per heavy atom. The van der Waals surface area contributed by atoms with Crippen molar-refractivity contribution in [1.29, 1.82) is 0 Å². The Bertz CT molecular complexity index is 363. The molecule has 0 atom stereocenters. The molecule has 1 rings (SSSR count). The number of nitrogens with one attached hydrogen (secondary N) is 3. The minimum Gasteiger partial charge on any atom is -0.282 e. The molecule has 0 aromatic carbocycles. The van der Waals surface area contributed by atoms with Gasteiger partial charge in [0.05, 0.1) is 0 Å². The van der Waals surface area contributed by atoms with E-state index in [-0.39, 0.29) is 34.2 Å². The van der Waals surface area contributed by atoms with Gasteiger partial charge in [-0.2, -0.15) is 0 Å². The van der Waals surface area contributed by atoms with E-state index in [1.165, 1.54) is 0 Å². The van der Waals surface area contributed by atoms with Gasteiger partial charge in [0, 0.05) is 0 Å². The van der Waals surface area contributed by atoms with Crippen molar-refractivity contribution in [3.63, 3.8) is 0 Å². The Morgan fingerprint density at radius 3 is 2.20 bits per heavy atom. The molecule has 0 amide bonds. The van der Waals surface area contributed by atoms with Gasteiger partial charge in [0.2, 0.25) is 0 Å². The van der Waals surface area contributed by atoms with E-state index in [0.717, 1.165) is 0 Å². The molecule has 0 aliphatic carbocycles. The maximum absolute atomic E-state index is 10.4. The van der Waals surface area contributed by atoms with Crippen LogP contribution in [0.4, 0.5) is 0 Å². The summed E-state index contributed by atoms with van der Waals surface area (Å²) in [5.41, 5.74) is -1.16. The van der Waals surface area contributed by atoms with Crippen molar-refractivity contribution < 1.29 is 29.6 Å². The molecule has 3 N–H and O–H groups in total. The monoisotopic (exact) mass is 168 g/mol. The average molecular weight is 168 g/mol. The van der Waals surface area contributed by atoms with E-state index in [2.05, 4.69) is 22.4 Å². The normalized spacial score (nSPS) is 8.40. The van der Waals surface area contributed by atoms with Crippen molar-refractivity contribution in [3.05, 3.63) is 25.5 Å². The minimum atomic E-state index is -0.589. The third-order valence-corrected chi connectivity index (χ3v) is 1.01. The molecule has 48 valence electrons. The van der Waals surface area contributed by atoms with Crippen LogP contribution in [0, 0.1) is 4.64 Å². The Hall–Kier alpha value is -0.170. The third-order valence-electron chi connectivity index (χ3n) is 0.723. The first-order chi connectivity index (χ1) is 4.20. The maximum atomic E-state index is 10.4. The summed E-state index contributed by atoms with van der Waals surface area (Å²) >= 11 is 4.44. The largest absolute Gasteiger partial charge is 1.00 e. The smallest absolute Gasteiger partial charge is 0.282 e. The molecule has 1 aromatic rings. The van der Waals surface area contributed by atoms with Gasteiger partial charge < -0.3 is 0 Å². The third kappa shape index (κ3) is 2.22. The van der Waals surface area contributed by atoms with E-state index < -0.39 is 11.2 Å². The van der Waals surface area contributed by atoms with Crippen molar-refractivity contribution in [1.82, 2.24) is 15.2 Å². The van der Waals surface area contributed by atoms with Crippen LogP contribution >= 0.6 is 12.2 Å². The van der Waals surface area contributed by atoms with Gasteiger partial charge in [-0.25, -0.2) is 4.79 Å². The van der Waals surface area contributed by atoms with Gasteiger partial charge in [0.25, 0.3) is 5.56 Å². The fraction of sp³-hybridized carbons (Fsp3) is 0. The number of rotatable bonds is 0. The topological polar surface area (TPSA) is 81.5 Å². The van der Waals surface area contributed by atoms with Crippen LogP contribution in [-0.2, 0) is 0 Å². The van der Waals surface area contributed by atoms with E-state index in [9.17, 15) is 9.59 Å². The van der Waals surface area contributed by atoms with E-state index in [1.807, 2.05) is 4.98 Å². The average Bonchev–Trinajstić information content (AvgIpc) is 1.80. The molecular formula is C3H3N3NaO2S+. The summed E-state index contributed by atoms with van der Waals surface area (Å²) in [5, 5.41) is 4.30. The summed E-state index contributed by atoms with van der Waals surface area (Å²) in [6.45, 7) is 0. The van der Waals surface area contributed by atoms with E-state index in [4.69, 9.17) is 0 Å². The Labute approximate surface area is 82.2 Å². The molecule has 0 spiro atoms. The molecule has 1 heterocycles. The van der Waals surface area contributed by atoms with Crippen molar-refractivity contribution >= 4 is 12.2 Å². The van der Waals surface area contributed by atoms with Crippen LogP contribution in [0.25, 0.3) is 0 Å². The summed E-state index contributed by atoms with van der Waals surface area (Å²) in [4.78, 5) is 22.6. The second kappa shape index (κ2) is 3.87.